The Morgan fingerprint density at radius 3 is 2.91 bits per heavy atom. The topological polar surface area (TPSA) is 52.6 Å². The number of benzene rings is 1. The van der Waals surface area contributed by atoms with Crippen LogP contribution >= 0.6 is 0 Å². The number of carboxylic acid groups (broad SMARTS) is 1. The number of nitrogens with one attached hydrogen (secondary N) is 1. The van der Waals surface area contributed by atoms with Crippen molar-refractivity contribution in [2.45, 2.75) is 52.1 Å². The standard InChI is InChI=1S/C19H30N2O2/c1-4-15-8-6-10-21(13-15)19(2,3)14-20-12-16-7-5-9-17(11-16)18(22)23/h5,7,9,11,15,20H,4,6,8,10,12-14H2,1-3H3,(H,22,23). The molecule has 0 bridgehead atoms. The first-order chi connectivity index (χ1) is 10.9. The molecule has 128 valence electrons. The van der Waals surface area contributed by atoms with E-state index in [9.17, 15) is 4.79 Å². The van der Waals surface area contributed by atoms with E-state index in [1.807, 2.05) is 12.1 Å². The highest BCUT2D eigenvalue weighted by Crippen LogP contribution is 2.25. The largest absolute Gasteiger partial charge is 0.478 e. The molecule has 1 atom stereocenters. The first-order valence-corrected chi connectivity index (χ1v) is 8.70. The first-order valence-electron chi connectivity index (χ1n) is 8.70. The molecule has 0 radical (unpaired) electrons. The van der Waals surface area contributed by atoms with Gasteiger partial charge in [0.25, 0.3) is 0 Å². The van der Waals surface area contributed by atoms with Gasteiger partial charge in [-0.1, -0.05) is 25.5 Å². The molecule has 2 N–H and O–H groups in total. The second-order valence-corrected chi connectivity index (χ2v) is 7.28. The monoisotopic (exact) mass is 318 g/mol. The van der Waals surface area contributed by atoms with Crippen LogP contribution in [0.3, 0.4) is 0 Å². The summed E-state index contributed by atoms with van der Waals surface area (Å²) >= 11 is 0. The number of hydrogen-bond acceptors (Lipinski definition) is 3. The van der Waals surface area contributed by atoms with Gasteiger partial charge in [-0.15, -0.1) is 0 Å². The zero-order chi connectivity index (χ0) is 16.9. The summed E-state index contributed by atoms with van der Waals surface area (Å²) in [6.45, 7) is 10.9. The number of likely N-dealkylation sites (tertiary alicyclic amines) is 1. The molecule has 1 aliphatic heterocycles. The van der Waals surface area contributed by atoms with Crippen molar-refractivity contribution in [1.29, 1.82) is 0 Å². The SMILES string of the molecule is CCC1CCCN(C(C)(C)CNCc2cccc(C(=O)O)c2)C1. The fraction of sp³-hybridized carbons (Fsp3) is 0.632. The molecule has 4 nitrogen and oxygen atoms in total. The highest BCUT2D eigenvalue weighted by Gasteiger charge is 2.30. The molecule has 4 heteroatoms. The summed E-state index contributed by atoms with van der Waals surface area (Å²) in [4.78, 5) is 13.6. The predicted molar refractivity (Wildman–Crippen MR) is 93.8 cm³/mol. The third kappa shape index (κ3) is 5.05. The summed E-state index contributed by atoms with van der Waals surface area (Å²) in [5.74, 6) is -0.0404. The number of nitrogens with zero attached hydrogens (tertiary/aromatic N) is 1. The zero-order valence-electron chi connectivity index (χ0n) is 14.6. The Morgan fingerprint density at radius 2 is 2.22 bits per heavy atom. The number of carboxylic acids is 1. The van der Waals surface area contributed by atoms with E-state index in [1.165, 1.54) is 32.4 Å². The van der Waals surface area contributed by atoms with E-state index in [-0.39, 0.29) is 5.54 Å². The molecule has 1 aliphatic rings. The van der Waals surface area contributed by atoms with Gasteiger partial charge in [0.15, 0.2) is 0 Å². The van der Waals surface area contributed by atoms with Crippen LogP contribution in [-0.2, 0) is 6.54 Å². The molecule has 1 fully saturated rings. The average Bonchev–Trinajstić information content (AvgIpc) is 2.55. The molecule has 0 saturated carbocycles. The van der Waals surface area contributed by atoms with Crippen LogP contribution in [0.15, 0.2) is 24.3 Å². The van der Waals surface area contributed by atoms with Gasteiger partial charge in [0, 0.05) is 25.2 Å². The van der Waals surface area contributed by atoms with Crippen LogP contribution in [-0.4, -0.2) is 41.1 Å². The summed E-state index contributed by atoms with van der Waals surface area (Å²) in [6, 6.07) is 7.16. The van der Waals surface area contributed by atoms with Crippen molar-refractivity contribution in [2.24, 2.45) is 5.92 Å². The summed E-state index contributed by atoms with van der Waals surface area (Å²) in [7, 11) is 0. The van der Waals surface area contributed by atoms with Crippen molar-refractivity contribution >= 4 is 5.97 Å². The molecule has 0 amide bonds. The number of hydrogen-bond donors (Lipinski definition) is 2. The lowest BCUT2D eigenvalue weighted by Gasteiger charge is -2.43. The third-order valence-electron chi connectivity index (χ3n) is 5.01. The molecule has 1 saturated heterocycles. The van der Waals surface area contributed by atoms with Crippen LogP contribution in [0.25, 0.3) is 0 Å². The van der Waals surface area contributed by atoms with Gasteiger partial charge in [-0.05, 0) is 56.8 Å². The molecule has 23 heavy (non-hydrogen) atoms. The lowest BCUT2D eigenvalue weighted by Crippen LogP contribution is -2.54. The van der Waals surface area contributed by atoms with Crippen molar-refractivity contribution in [3.05, 3.63) is 35.4 Å². The van der Waals surface area contributed by atoms with Gasteiger partial charge >= 0.3 is 5.97 Å². The molecule has 0 spiro atoms. The van der Waals surface area contributed by atoms with E-state index < -0.39 is 5.97 Å². The molecule has 1 unspecified atom stereocenters. The van der Waals surface area contributed by atoms with E-state index in [1.54, 1.807) is 12.1 Å². The number of rotatable bonds is 7. The van der Waals surface area contributed by atoms with E-state index in [4.69, 9.17) is 5.11 Å². The molecule has 0 aromatic heterocycles. The quantitative estimate of drug-likeness (QED) is 0.809. The summed E-state index contributed by atoms with van der Waals surface area (Å²) < 4.78 is 0. The van der Waals surface area contributed by atoms with Crippen LogP contribution < -0.4 is 5.32 Å². The normalized spacial score (nSPS) is 19.7. The van der Waals surface area contributed by atoms with Crippen molar-refractivity contribution in [1.82, 2.24) is 10.2 Å². The first kappa shape index (κ1) is 18.0. The molecule has 1 aromatic rings. The Bertz CT molecular complexity index is 528. The van der Waals surface area contributed by atoms with Crippen molar-refractivity contribution in [2.75, 3.05) is 19.6 Å². The summed E-state index contributed by atoms with van der Waals surface area (Å²) in [5, 5.41) is 12.6. The van der Waals surface area contributed by atoms with E-state index in [2.05, 4.69) is 31.0 Å². The number of piperidine rings is 1. The number of aromatic carboxylic acids is 1. The van der Waals surface area contributed by atoms with Gasteiger partial charge in [0.1, 0.15) is 0 Å². The van der Waals surface area contributed by atoms with Gasteiger partial charge in [0.2, 0.25) is 0 Å². The molecular weight excluding hydrogens is 288 g/mol. The van der Waals surface area contributed by atoms with E-state index in [0.29, 0.717) is 12.1 Å². The average molecular weight is 318 g/mol. The Morgan fingerprint density at radius 1 is 1.43 bits per heavy atom. The predicted octanol–water partition coefficient (Wildman–Crippen LogP) is 3.38. The molecule has 1 aromatic carbocycles. The molecule has 1 heterocycles. The van der Waals surface area contributed by atoms with Crippen LogP contribution in [0, 0.1) is 5.92 Å². The van der Waals surface area contributed by atoms with Gasteiger partial charge in [-0.2, -0.15) is 0 Å². The highest BCUT2D eigenvalue weighted by molar-refractivity contribution is 5.87. The fourth-order valence-electron chi connectivity index (χ4n) is 3.39. The maximum Gasteiger partial charge on any atom is 0.335 e. The van der Waals surface area contributed by atoms with Crippen molar-refractivity contribution in [3.8, 4) is 0 Å². The molecule has 2 rings (SSSR count). The second kappa shape index (κ2) is 7.93. The maximum absolute atomic E-state index is 11.0. The Balaban J connectivity index is 1.87. The Labute approximate surface area is 139 Å². The van der Waals surface area contributed by atoms with Crippen LogP contribution in [0.2, 0.25) is 0 Å². The maximum atomic E-state index is 11.0. The summed E-state index contributed by atoms with van der Waals surface area (Å²) in [6.07, 6.45) is 3.92. The Hall–Kier alpha value is -1.39. The van der Waals surface area contributed by atoms with Crippen molar-refractivity contribution < 1.29 is 9.90 Å². The van der Waals surface area contributed by atoms with Crippen LogP contribution in [0.1, 0.15) is 56.0 Å². The fourth-order valence-corrected chi connectivity index (χ4v) is 3.39. The van der Waals surface area contributed by atoms with Crippen molar-refractivity contribution in [3.63, 3.8) is 0 Å². The van der Waals surface area contributed by atoms with Crippen LogP contribution in [0.5, 0.6) is 0 Å². The lowest BCUT2D eigenvalue weighted by molar-refractivity contribution is 0.0648. The minimum atomic E-state index is -0.869. The third-order valence-corrected chi connectivity index (χ3v) is 5.01. The van der Waals surface area contributed by atoms with Crippen LogP contribution in [0.4, 0.5) is 0 Å². The van der Waals surface area contributed by atoms with Gasteiger partial charge in [-0.25, -0.2) is 4.79 Å². The van der Waals surface area contributed by atoms with Gasteiger partial charge in [0.05, 0.1) is 5.56 Å². The number of carbonyl (C=O) groups is 1. The lowest BCUT2D eigenvalue weighted by atomic mass is 9.91. The van der Waals surface area contributed by atoms with Gasteiger partial charge in [-0.3, -0.25) is 4.90 Å². The smallest absolute Gasteiger partial charge is 0.335 e. The van der Waals surface area contributed by atoms with E-state index >= 15 is 0 Å². The molecular formula is C19H30N2O2. The van der Waals surface area contributed by atoms with E-state index in [0.717, 1.165) is 18.0 Å². The van der Waals surface area contributed by atoms with Gasteiger partial charge < -0.3 is 10.4 Å². The minimum absolute atomic E-state index is 0.123. The highest BCUT2D eigenvalue weighted by atomic mass is 16.4. The zero-order valence-corrected chi connectivity index (χ0v) is 14.6. The summed E-state index contributed by atoms with van der Waals surface area (Å²) in [5.41, 5.74) is 1.49. The minimum Gasteiger partial charge on any atom is -0.478 e. The molecule has 0 aliphatic carbocycles. The second-order valence-electron chi connectivity index (χ2n) is 7.28. The Kier molecular flexibility index (Phi) is 6.19.